The molecule has 1 aromatic rings. The number of rotatable bonds is 16. The van der Waals surface area contributed by atoms with Crippen molar-refractivity contribution in [2.45, 2.75) is 56.3 Å². The minimum Gasteiger partial charge on any atom is -0.508 e. The highest BCUT2D eigenvalue weighted by Crippen LogP contribution is 2.12. The maximum atomic E-state index is 13.0. The van der Waals surface area contributed by atoms with E-state index in [1.54, 1.807) is 0 Å². The van der Waals surface area contributed by atoms with Gasteiger partial charge in [0.2, 0.25) is 23.6 Å². The molecule has 14 heteroatoms. The Morgan fingerprint density at radius 2 is 1.42 bits per heavy atom. The van der Waals surface area contributed by atoms with Crippen molar-refractivity contribution >= 4 is 29.6 Å². The fraction of sp³-hybridized carbons (Fsp3) is 0.500. The molecule has 4 unspecified atom stereocenters. The molecule has 14 nitrogen and oxygen atoms in total. The molecule has 12 N–H and O–H groups in total. The number of nitrogens with two attached hydrogens (primary N) is 3. The summed E-state index contributed by atoms with van der Waals surface area (Å²) in [5.74, 6) is -4.82. The number of phenolic OH excluding ortho intramolecular Hbond substituents is 1. The Morgan fingerprint density at radius 1 is 0.861 bits per heavy atom. The number of phenols is 1. The molecular weight excluding hydrogens is 476 g/mol. The van der Waals surface area contributed by atoms with Crippen LogP contribution in [0.2, 0.25) is 0 Å². The van der Waals surface area contributed by atoms with E-state index in [1.165, 1.54) is 24.3 Å². The normalized spacial score (nSPS) is 14.1. The molecule has 0 aromatic heterocycles. The largest absolute Gasteiger partial charge is 0.508 e. The first-order valence-electron chi connectivity index (χ1n) is 11.2. The van der Waals surface area contributed by atoms with Crippen LogP contribution in [0, 0.1) is 0 Å². The number of primary amides is 1. The lowest BCUT2D eigenvalue weighted by atomic mass is 10.0. The Labute approximate surface area is 207 Å². The van der Waals surface area contributed by atoms with Gasteiger partial charge in [-0.2, -0.15) is 0 Å². The second-order valence-corrected chi connectivity index (χ2v) is 8.14. The number of aliphatic hydroxyl groups is 1. The summed E-state index contributed by atoms with van der Waals surface area (Å²) in [7, 11) is 0. The first kappa shape index (κ1) is 30.3. The van der Waals surface area contributed by atoms with Gasteiger partial charge in [0.25, 0.3) is 0 Å². The van der Waals surface area contributed by atoms with Crippen LogP contribution in [-0.4, -0.2) is 82.2 Å². The van der Waals surface area contributed by atoms with Crippen molar-refractivity contribution in [2.24, 2.45) is 17.2 Å². The number of hydrogen-bond donors (Lipinski definition) is 9. The van der Waals surface area contributed by atoms with Gasteiger partial charge in [-0.15, -0.1) is 0 Å². The fourth-order valence-electron chi connectivity index (χ4n) is 3.15. The fourth-order valence-corrected chi connectivity index (χ4v) is 3.15. The Kier molecular flexibility index (Phi) is 12.9. The van der Waals surface area contributed by atoms with Gasteiger partial charge in [0.15, 0.2) is 0 Å². The first-order chi connectivity index (χ1) is 17.0. The van der Waals surface area contributed by atoms with E-state index in [4.69, 9.17) is 17.2 Å². The molecule has 0 saturated carbocycles. The zero-order valence-corrected chi connectivity index (χ0v) is 19.7. The molecule has 4 atom stereocenters. The highest BCUT2D eigenvalue weighted by Gasteiger charge is 2.30. The molecule has 0 radical (unpaired) electrons. The summed E-state index contributed by atoms with van der Waals surface area (Å²) in [6, 6.07) is 0.320. The Balaban J connectivity index is 2.98. The van der Waals surface area contributed by atoms with Gasteiger partial charge in [0.1, 0.15) is 23.9 Å². The summed E-state index contributed by atoms with van der Waals surface area (Å²) >= 11 is 0. The number of carboxylic acids is 1. The van der Waals surface area contributed by atoms with Crippen molar-refractivity contribution in [1.29, 1.82) is 0 Å². The number of hydrogen-bond acceptors (Lipinski definition) is 9. The number of unbranched alkanes of at least 4 members (excludes halogenated alkanes) is 1. The van der Waals surface area contributed by atoms with Gasteiger partial charge in [-0.25, -0.2) is 4.79 Å². The lowest BCUT2D eigenvalue weighted by molar-refractivity contribution is -0.142. The van der Waals surface area contributed by atoms with E-state index >= 15 is 0 Å². The Bertz CT molecular complexity index is 910. The number of nitrogens with one attached hydrogen (secondary N) is 3. The predicted octanol–water partition coefficient (Wildman–Crippen LogP) is -3.20. The summed E-state index contributed by atoms with van der Waals surface area (Å²) in [6.07, 6.45) is 0.522. The summed E-state index contributed by atoms with van der Waals surface area (Å²) in [6.45, 7) is -0.499. The molecule has 0 aliphatic heterocycles. The molecule has 0 bridgehead atoms. The Hall–Kier alpha value is -3.75. The third-order valence-electron chi connectivity index (χ3n) is 5.14. The van der Waals surface area contributed by atoms with Crippen LogP contribution in [-0.2, 0) is 30.4 Å². The zero-order valence-electron chi connectivity index (χ0n) is 19.7. The number of amides is 4. The topological polar surface area (TPSA) is 260 Å². The molecule has 0 aliphatic rings. The highest BCUT2D eigenvalue weighted by molar-refractivity contribution is 5.95. The number of aliphatic hydroxyl groups excluding tert-OH is 1. The second kappa shape index (κ2) is 15.3. The van der Waals surface area contributed by atoms with Gasteiger partial charge < -0.3 is 48.5 Å². The van der Waals surface area contributed by atoms with E-state index in [1.807, 2.05) is 0 Å². The predicted molar refractivity (Wildman–Crippen MR) is 127 cm³/mol. The summed E-state index contributed by atoms with van der Waals surface area (Å²) < 4.78 is 0. The van der Waals surface area contributed by atoms with Crippen LogP contribution in [0.4, 0.5) is 0 Å². The monoisotopic (exact) mass is 510 g/mol. The van der Waals surface area contributed by atoms with Crippen molar-refractivity contribution < 1.29 is 39.3 Å². The molecule has 0 fully saturated rings. The van der Waals surface area contributed by atoms with Gasteiger partial charge in [0.05, 0.1) is 19.1 Å². The maximum absolute atomic E-state index is 13.0. The van der Waals surface area contributed by atoms with Crippen LogP contribution < -0.4 is 33.2 Å². The lowest BCUT2D eigenvalue weighted by Gasteiger charge is -2.24. The van der Waals surface area contributed by atoms with Crippen LogP contribution in [0.1, 0.15) is 31.2 Å². The number of carbonyl (C=O) groups is 5. The molecule has 0 heterocycles. The number of benzene rings is 1. The van der Waals surface area contributed by atoms with Crippen LogP contribution in [0.3, 0.4) is 0 Å². The molecule has 4 amide bonds. The quantitative estimate of drug-likeness (QED) is 0.101. The van der Waals surface area contributed by atoms with Gasteiger partial charge in [-0.3, -0.25) is 19.2 Å². The molecule has 0 spiro atoms. The van der Waals surface area contributed by atoms with Gasteiger partial charge in [0, 0.05) is 6.42 Å². The number of carboxylic acid groups (broad SMARTS) is 1. The number of carbonyl (C=O) groups excluding carboxylic acids is 4. The van der Waals surface area contributed by atoms with Crippen LogP contribution >= 0.6 is 0 Å². The molecule has 0 saturated heterocycles. The zero-order chi connectivity index (χ0) is 27.3. The summed E-state index contributed by atoms with van der Waals surface area (Å²) in [4.78, 5) is 60.5. The van der Waals surface area contributed by atoms with Gasteiger partial charge in [-0.1, -0.05) is 12.1 Å². The molecule has 0 aliphatic carbocycles. The smallest absolute Gasteiger partial charge is 0.326 e. The van der Waals surface area contributed by atoms with E-state index in [-0.39, 0.29) is 18.6 Å². The van der Waals surface area contributed by atoms with Crippen LogP contribution in [0.15, 0.2) is 24.3 Å². The second-order valence-electron chi connectivity index (χ2n) is 8.14. The van der Waals surface area contributed by atoms with E-state index in [2.05, 4.69) is 16.0 Å². The van der Waals surface area contributed by atoms with Crippen molar-refractivity contribution in [3.05, 3.63) is 29.8 Å². The molecular formula is C22H34N6O8. The maximum Gasteiger partial charge on any atom is 0.326 e. The van der Waals surface area contributed by atoms with Crippen LogP contribution in [0.5, 0.6) is 5.75 Å². The van der Waals surface area contributed by atoms with Crippen LogP contribution in [0.25, 0.3) is 0 Å². The van der Waals surface area contributed by atoms with E-state index < -0.39 is 66.8 Å². The number of aliphatic carboxylic acids is 1. The number of aromatic hydroxyl groups is 1. The Morgan fingerprint density at radius 3 is 1.94 bits per heavy atom. The summed E-state index contributed by atoms with van der Waals surface area (Å²) in [5.41, 5.74) is 16.6. The highest BCUT2D eigenvalue weighted by atomic mass is 16.4. The van der Waals surface area contributed by atoms with Gasteiger partial charge in [-0.05, 0) is 43.5 Å². The van der Waals surface area contributed by atoms with Crippen molar-refractivity contribution in [2.75, 3.05) is 13.2 Å². The van der Waals surface area contributed by atoms with E-state index in [0.29, 0.717) is 24.9 Å². The lowest BCUT2D eigenvalue weighted by Crippen LogP contribution is -2.58. The standard InChI is InChI=1S/C22H34N6O8/c23-8-2-1-3-15(22(35)36)26-21(34)17(11-29)28-20(33)16(9-12-4-6-13(30)7-5-12)27-19(32)14(24)10-18(25)31/h4-7,14-17,29-30H,1-3,8-11,23-24H2,(H2,25,31)(H,26,34)(H,27,32)(H,28,33)(H,35,36). The molecule has 1 aromatic carbocycles. The SMILES string of the molecule is NCCCCC(NC(=O)C(CO)NC(=O)C(Cc1ccc(O)cc1)NC(=O)C(N)CC(N)=O)C(=O)O. The first-order valence-corrected chi connectivity index (χ1v) is 11.2. The minimum absolute atomic E-state index is 0.0243. The summed E-state index contributed by atoms with van der Waals surface area (Å²) in [5, 5.41) is 35.4. The average molecular weight is 511 g/mol. The average Bonchev–Trinajstić information content (AvgIpc) is 2.81. The minimum atomic E-state index is -1.52. The van der Waals surface area contributed by atoms with Crippen molar-refractivity contribution in [1.82, 2.24) is 16.0 Å². The molecule has 36 heavy (non-hydrogen) atoms. The molecule has 200 valence electrons. The van der Waals surface area contributed by atoms with Crippen molar-refractivity contribution in [3.63, 3.8) is 0 Å². The third-order valence-corrected chi connectivity index (χ3v) is 5.14. The third kappa shape index (κ3) is 10.7. The molecule has 1 rings (SSSR count). The van der Waals surface area contributed by atoms with E-state index in [0.717, 1.165) is 0 Å². The van der Waals surface area contributed by atoms with E-state index in [9.17, 15) is 39.3 Å². The van der Waals surface area contributed by atoms with Gasteiger partial charge >= 0.3 is 5.97 Å². The van der Waals surface area contributed by atoms with Crippen molar-refractivity contribution in [3.8, 4) is 5.75 Å².